The molecule has 1 saturated heterocycles. The van der Waals surface area contributed by atoms with Gasteiger partial charge in [-0.2, -0.15) is 0 Å². The second kappa shape index (κ2) is 6.17. The summed E-state index contributed by atoms with van der Waals surface area (Å²) in [6.45, 7) is 1.50. The number of amides is 1. The minimum atomic E-state index is -3.20. The number of nitrogens with one attached hydrogen (secondary N) is 1. The normalized spacial score (nSPS) is 19.4. The fourth-order valence-electron chi connectivity index (χ4n) is 1.98. The van der Waals surface area contributed by atoms with Gasteiger partial charge >= 0.3 is 0 Å². The number of rotatable bonds is 5. The van der Waals surface area contributed by atoms with Gasteiger partial charge in [0, 0.05) is 19.0 Å². The van der Waals surface area contributed by atoms with Gasteiger partial charge in [-0.15, -0.1) is 0 Å². The smallest absolute Gasteiger partial charge is 0.223 e. The molecule has 19 heavy (non-hydrogen) atoms. The van der Waals surface area contributed by atoms with Crippen LogP contribution in [0.1, 0.15) is 19.8 Å². The molecule has 0 aromatic carbocycles. The van der Waals surface area contributed by atoms with E-state index in [1.54, 1.807) is 6.92 Å². The molecular formula is C11H22N2O5S. The molecule has 0 spiro atoms. The number of hydrogen-bond acceptors (Lipinski definition) is 5. The number of aliphatic hydroxyl groups is 2. The second-order valence-corrected chi connectivity index (χ2v) is 7.28. The van der Waals surface area contributed by atoms with E-state index < -0.39 is 15.6 Å². The molecule has 0 unspecified atom stereocenters. The third-order valence-corrected chi connectivity index (χ3v) is 4.72. The predicted octanol–water partition coefficient (Wildman–Crippen LogP) is -1.48. The third-order valence-electron chi connectivity index (χ3n) is 3.42. The molecule has 1 amide bonds. The second-order valence-electron chi connectivity index (χ2n) is 5.30. The zero-order valence-corrected chi connectivity index (χ0v) is 12.1. The Labute approximate surface area is 113 Å². The van der Waals surface area contributed by atoms with Gasteiger partial charge in [0.1, 0.15) is 0 Å². The van der Waals surface area contributed by atoms with Gasteiger partial charge in [-0.25, -0.2) is 12.7 Å². The predicted molar refractivity (Wildman–Crippen MR) is 69.9 cm³/mol. The lowest BCUT2D eigenvalue weighted by molar-refractivity contribution is -0.129. The van der Waals surface area contributed by atoms with Gasteiger partial charge < -0.3 is 15.5 Å². The van der Waals surface area contributed by atoms with E-state index in [1.165, 1.54) is 4.31 Å². The summed E-state index contributed by atoms with van der Waals surface area (Å²) in [6.07, 6.45) is 2.06. The van der Waals surface area contributed by atoms with Gasteiger partial charge in [0.2, 0.25) is 15.9 Å². The molecule has 1 aliphatic heterocycles. The molecular weight excluding hydrogens is 272 g/mol. The lowest BCUT2D eigenvalue weighted by Crippen LogP contribution is -2.54. The average molecular weight is 294 g/mol. The highest BCUT2D eigenvalue weighted by Gasteiger charge is 2.32. The summed E-state index contributed by atoms with van der Waals surface area (Å²) in [6, 6.07) is 0. The number of aliphatic hydroxyl groups excluding tert-OH is 2. The van der Waals surface area contributed by atoms with Crippen LogP contribution in [0.3, 0.4) is 0 Å². The Kier molecular flexibility index (Phi) is 5.31. The Morgan fingerprint density at radius 1 is 1.32 bits per heavy atom. The zero-order chi connectivity index (χ0) is 14.7. The number of nitrogens with zero attached hydrogens (tertiary/aromatic N) is 1. The van der Waals surface area contributed by atoms with Crippen molar-refractivity contribution in [2.75, 3.05) is 32.6 Å². The molecule has 7 nitrogen and oxygen atoms in total. The average Bonchev–Trinajstić information content (AvgIpc) is 2.37. The molecule has 0 saturated carbocycles. The van der Waals surface area contributed by atoms with Crippen LogP contribution >= 0.6 is 0 Å². The third kappa shape index (κ3) is 4.41. The molecule has 8 heteroatoms. The maximum absolute atomic E-state index is 12.0. The molecule has 0 atom stereocenters. The van der Waals surface area contributed by atoms with Crippen LogP contribution < -0.4 is 5.32 Å². The first-order valence-corrected chi connectivity index (χ1v) is 8.05. The monoisotopic (exact) mass is 294 g/mol. The SMILES string of the molecule is CC(CO)(CO)NC(=O)C1CCN(S(C)(=O)=O)CC1. The summed E-state index contributed by atoms with van der Waals surface area (Å²) in [5.41, 5.74) is -1.04. The molecule has 0 aromatic rings. The van der Waals surface area contributed by atoms with Crippen molar-refractivity contribution < 1.29 is 23.4 Å². The molecule has 1 fully saturated rings. The number of hydrogen-bond donors (Lipinski definition) is 3. The highest BCUT2D eigenvalue weighted by atomic mass is 32.2. The summed E-state index contributed by atoms with van der Waals surface area (Å²) in [4.78, 5) is 12.0. The van der Waals surface area contributed by atoms with E-state index in [1.807, 2.05) is 0 Å². The lowest BCUT2D eigenvalue weighted by atomic mass is 9.95. The first-order chi connectivity index (χ1) is 8.72. The van der Waals surface area contributed by atoms with Crippen molar-refractivity contribution in [3.63, 3.8) is 0 Å². The van der Waals surface area contributed by atoms with Crippen LogP contribution in [0.15, 0.2) is 0 Å². The van der Waals surface area contributed by atoms with E-state index >= 15 is 0 Å². The lowest BCUT2D eigenvalue weighted by Gasteiger charge is -2.33. The number of carbonyl (C=O) groups excluding carboxylic acids is 1. The van der Waals surface area contributed by atoms with E-state index in [9.17, 15) is 13.2 Å². The van der Waals surface area contributed by atoms with Gasteiger partial charge in [0.25, 0.3) is 0 Å². The highest BCUT2D eigenvalue weighted by molar-refractivity contribution is 7.88. The van der Waals surface area contributed by atoms with Crippen LogP contribution in [-0.4, -0.2) is 66.9 Å². The quantitative estimate of drug-likeness (QED) is 0.573. The molecule has 112 valence electrons. The maximum atomic E-state index is 12.0. The van der Waals surface area contributed by atoms with Crippen molar-refractivity contribution in [1.29, 1.82) is 0 Å². The summed E-state index contributed by atoms with van der Waals surface area (Å²) < 4.78 is 24.0. The van der Waals surface area contributed by atoms with E-state index in [0.717, 1.165) is 6.26 Å². The van der Waals surface area contributed by atoms with Crippen molar-refractivity contribution >= 4 is 15.9 Å². The number of sulfonamides is 1. The minimum absolute atomic E-state index is 0.251. The maximum Gasteiger partial charge on any atom is 0.223 e. The fourth-order valence-corrected chi connectivity index (χ4v) is 2.85. The Balaban J connectivity index is 2.54. The molecule has 3 N–H and O–H groups in total. The van der Waals surface area contributed by atoms with Crippen LogP contribution in [0, 0.1) is 5.92 Å². The van der Waals surface area contributed by atoms with Gasteiger partial charge in [-0.05, 0) is 19.8 Å². The van der Waals surface area contributed by atoms with Crippen molar-refractivity contribution in [3.8, 4) is 0 Å². The van der Waals surface area contributed by atoms with Crippen LogP contribution in [0.25, 0.3) is 0 Å². The van der Waals surface area contributed by atoms with Crippen LogP contribution in [-0.2, 0) is 14.8 Å². The summed E-state index contributed by atoms with van der Waals surface area (Å²) in [5, 5.41) is 20.8. The standard InChI is InChI=1S/C11H22N2O5S/c1-11(7-14,8-15)12-10(16)9-3-5-13(6-4-9)19(2,17)18/h9,14-15H,3-8H2,1-2H3,(H,12,16). The first-order valence-electron chi connectivity index (χ1n) is 6.21. The number of carbonyl (C=O) groups is 1. The zero-order valence-electron chi connectivity index (χ0n) is 11.3. The molecule has 1 heterocycles. The molecule has 1 aliphatic rings. The molecule has 0 radical (unpaired) electrons. The van der Waals surface area contributed by atoms with Gasteiger partial charge in [0.15, 0.2) is 0 Å². The number of piperidine rings is 1. The molecule has 0 bridgehead atoms. The Morgan fingerprint density at radius 2 is 1.79 bits per heavy atom. The Hall–Kier alpha value is -0.700. The van der Waals surface area contributed by atoms with E-state index in [-0.39, 0.29) is 25.0 Å². The fraction of sp³-hybridized carbons (Fsp3) is 0.909. The largest absolute Gasteiger partial charge is 0.394 e. The first kappa shape index (κ1) is 16.4. The van der Waals surface area contributed by atoms with E-state index in [2.05, 4.69) is 5.32 Å². The summed E-state index contributed by atoms with van der Waals surface area (Å²) in [7, 11) is -3.20. The van der Waals surface area contributed by atoms with Gasteiger partial charge in [0.05, 0.1) is 25.0 Å². The van der Waals surface area contributed by atoms with Crippen LogP contribution in [0.2, 0.25) is 0 Å². The van der Waals surface area contributed by atoms with Crippen molar-refractivity contribution in [2.24, 2.45) is 5.92 Å². The van der Waals surface area contributed by atoms with Gasteiger partial charge in [-0.3, -0.25) is 4.79 Å². The molecule has 0 aromatic heterocycles. The van der Waals surface area contributed by atoms with Crippen LogP contribution in [0.5, 0.6) is 0 Å². The van der Waals surface area contributed by atoms with E-state index in [0.29, 0.717) is 25.9 Å². The highest BCUT2D eigenvalue weighted by Crippen LogP contribution is 2.20. The van der Waals surface area contributed by atoms with Crippen LogP contribution in [0.4, 0.5) is 0 Å². The Morgan fingerprint density at radius 3 is 2.16 bits per heavy atom. The Bertz CT molecular complexity index is 411. The van der Waals surface area contributed by atoms with E-state index in [4.69, 9.17) is 10.2 Å². The summed E-state index contributed by atoms with van der Waals surface area (Å²) in [5.74, 6) is -0.533. The summed E-state index contributed by atoms with van der Waals surface area (Å²) >= 11 is 0. The van der Waals surface area contributed by atoms with Crippen molar-refractivity contribution in [2.45, 2.75) is 25.3 Å². The van der Waals surface area contributed by atoms with Gasteiger partial charge in [-0.1, -0.05) is 0 Å². The van der Waals surface area contributed by atoms with Crippen molar-refractivity contribution in [1.82, 2.24) is 9.62 Å². The molecule has 0 aliphatic carbocycles. The topological polar surface area (TPSA) is 107 Å². The minimum Gasteiger partial charge on any atom is -0.394 e. The van der Waals surface area contributed by atoms with Crippen molar-refractivity contribution in [3.05, 3.63) is 0 Å². The molecule has 1 rings (SSSR count).